The van der Waals surface area contributed by atoms with Crippen molar-refractivity contribution in [2.45, 2.75) is 25.8 Å². The first-order valence-corrected chi connectivity index (χ1v) is 6.37. The van der Waals surface area contributed by atoms with Gasteiger partial charge in [-0.05, 0) is 31.0 Å². The SMILES string of the molecule is CC(Cc1ccc2c(c1)OCO2)N(C)C(=O)CCO. The second-order valence-electron chi connectivity index (χ2n) is 4.72. The van der Waals surface area contributed by atoms with E-state index >= 15 is 0 Å². The van der Waals surface area contributed by atoms with Crippen LogP contribution in [0.2, 0.25) is 0 Å². The van der Waals surface area contributed by atoms with E-state index in [-0.39, 0.29) is 31.8 Å². The smallest absolute Gasteiger partial charge is 0.231 e. The van der Waals surface area contributed by atoms with Crippen molar-refractivity contribution in [2.75, 3.05) is 20.4 Å². The summed E-state index contributed by atoms with van der Waals surface area (Å²) in [6.45, 7) is 2.14. The van der Waals surface area contributed by atoms with E-state index in [4.69, 9.17) is 14.6 Å². The highest BCUT2D eigenvalue weighted by Gasteiger charge is 2.18. The number of carbonyl (C=O) groups excluding carboxylic acids is 1. The summed E-state index contributed by atoms with van der Waals surface area (Å²) in [7, 11) is 1.76. The van der Waals surface area contributed by atoms with E-state index < -0.39 is 0 Å². The van der Waals surface area contributed by atoms with Crippen LogP contribution in [-0.2, 0) is 11.2 Å². The quantitative estimate of drug-likeness (QED) is 0.868. The first-order valence-electron chi connectivity index (χ1n) is 6.37. The van der Waals surface area contributed by atoms with Crippen LogP contribution in [0.1, 0.15) is 18.9 Å². The number of benzene rings is 1. The molecule has 0 fully saturated rings. The molecule has 0 aliphatic carbocycles. The van der Waals surface area contributed by atoms with Crippen molar-refractivity contribution < 1.29 is 19.4 Å². The Bertz CT molecular complexity index is 461. The fourth-order valence-corrected chi connectivity index (χ4v) is 2.06. The number of aliphatic hydroxyl groups excluding tert-OH is 1. The Balaban J connectivity index is 1.98. The van der Waals surface area contributed by atoms with Gasteiger partial charge in [-0.2, -0.15) is 0 Å². The molecule has 5 nitrogen and oxygen atoms in total. The maximum atomic E-state index is 11.7. The molecule has 0 spiro atoms. The van der Waals surface area contributed by atoms with E-state index in [0.29, 0.717) is 0 Å². The summed E-state index contributed by atoms with van der Waals surface area (Å²) < 4.78 is 10.6. The highest BCUT2D eigenvalue weighted by atomic mass is 16.7. The normalized spacial score (nSPS) is 14.3. The van der Waals surface area contributed by atoms with Gasteiger partial charge >= 0.3 is 0 Å². The molecule has 104 valence electrons. The van der Waals surface area contributed by atoms with Crippen LogP contribution in [0.3, 0.4) is 0 Å². The Morgan fingerprint density at radius 3 is 2.89 bits per heavy atom. The Kier molecular flexibility index (Phi) is 4.27. The Hall–Kier alpha value is -1.75. The van der Waals surface area contributed by atoms with E-state index in [2.05, 4.69) is 0 Å². The zero-order chi connectivity index (χ0) is 13.8. The molecule has 0 radical (unpaired) electrons. The molecule has 0 bridgehead atoms. The molecular formula is C14H19NO4. The van der Waals surface area contributed by atoms with Crippen molar-refractivity contribution in [1.82, 2.24) is 4.90 Å². The summed E-state index contributed by atoms with van der Waals surface area (Å²) in [6, 6.07) is 5.89. The molecule has 1 aromatic carbocycles. The fourth-order valence-electron chi connectivity index (χ4n) is 2.06. The highest BCUT2D eigenvalue weighted by Crippen LogP contribution is 2.32. The van der Waals surface area contributed by atoms with E-state index in [1.165, 1.54) is 0 Å². The maximum absolute atomic E-state index is 11.7. The Morgan fingerprint density at radius 2 is 2.16 bits per heavy atom. The number of likely N-dealkylation sites (N-methyl/N-ethyl adjacent to an activating group) is 1. The third-order valence-corrected chi connectivity index (χ3v) is 3.35. The predicted octanol–water partition coefficient (Wildman–Crippen LogP) is 1.19. The second-order valence-corrected chi connectivity index (χ2v) is 4.72. The highest BCUT2D eigenvalue weighted by molar-refractivity contribution is 5.76. The maximum Gasteiger partial charge on any atom is 0.231 e. The van der Waals surface area contributed by atoms with Gasteiger partial charge in [-0.25, -0.2) is 0 Å². The molecule has 1 heterocycles. The number of ether oxygens (including phenoxy) is 2. The molecular weight excluding hydrogens is 246 g/mol. The number of amides is 1. The molecule has 1 aliphatic rings. The van der Waals surface area contributed by atoms with Crippen molar-refractivity contribution >= 4 is 5.91 Å². The fraction of sp³-hybridized carbons (Fsp3) is 0.500. The monoisotopic (exact) mass is 265 g/mol. The van der Waals surface area contributed by atoms with Gasteiger partial charge in [0.05, 0.1) is 6.61 Å². The number of hydrogen-bond donors (Lipinski definition) is 1. The third-order valence-electron chi connectivity index (χ3n) is 3.35. The molecule has 0 saturated heterocycles. The lowest BCUT2D eigenvalue weighted by atomic mass is 10.1. The average Bonchev–Trinajstić information content (AvgIpc) is 2.85. The summed E-state index contributed by atoms with van der Waals surface area (Å²) in [5.41, 5.74) is 1.10. The van der Waals surface area contributed by atoms with Crippen LogP contribution in [0.25, 0.3) is 0 Å². The molecule has 2 rings (SSSR count). The number of rotatable bonds is 5. The van der Waals surface area contributed by atoms with Crippen molar-refractivity contribution in [3.63, 3.8) is 0 Å². The van der Waals surface area contributed by atoms with Crippen molar-refractivity contribution in [2.24, 2.45) is 0 Å². The summed E-state index contributed by atoms with van der Waals surface area (Å²) >= 11 is 0. The van der Waals surface area contributed by atoms with Crippen LogP contribution in [-0.4, -0.2) is 42.4 Å². The standard InChI is InChI=1S/C14H19NO4/c1-10(15(2)14(17)5-6-16)7-11-3-4-12-13(8-11)19-9-18-12/h3-4,8,10,16H,5-7,9H2,1-2H3. The lowest BCUT2D eigenvalue weighted by Gasteiger charge is -2.25. The van der Waals surface area contributed by atoms with E-state index in [1.54, 1.807) is 11.9 Å². The zero-order valence-corrected chi connectivity index (χ0v) is 11.3. The lowest BCUT2D eigenvalue weighted by molar-refractivity contribution is -0.132. The lowest BCUT2D eigenvalue weighted by Crippen LogP contribution is -2.36. The van der Waals surface area contributed by atoms with Gasteiger partial charge < -0.3 is 19.5 Å². The van der Waals surface area contributed by atoms with Crippen molar-refractivity contribution in [1.29, 1.82) is 0 Å². The molecule has 1 N–H and O–H groups in total. The summed E-state index contributed by atoms with van der Waals surface area (Å²) in [5, 5.41) is 8.78. The number of aliphatic hydroxyl groups is 1. The topological polar surface area (TPSA) is 59.0 Å². The molecule has 1 aromatic rings. The van der Waals surface area contributed by atoms with Gasteiger partial charge in [-0.15, -0.1) is 0 Å². The Labute approximate surface area is 112 Å². The molecule has 19 heavy (non-hydrogen) atoms. The van der Waals surface area contributed by atoms with Gasteiger partial charge in [0, 0.05) is 19.5 Å². The van der Waals surface area contributed by atoms with Gasteiger partial charge in [-0.3, -0.25) is 4.79 Å². The third kappa shape index (κ3) is 3.17. The number of nitrogens with zero attached hydrogens (tertiary/aromatic N) is 1. The number of carbonyl (C=O) groups is 1. The van der Waals surface area contributed by atoms with Crippen molar-refractivity contribution in [3.05, 3.63) is 23.8 Å². The van der Waals surface area contributed by atoms with Crippen molar-refractivity contribution in [3.8, 4) is 11.5 Å². The van der Waals surface area contributed by atoms with Gasteiger partial charge in [0.15, 0.2) is 11.5 Å². The minimum atomic E-state index is -0.111. The van der Waals surface area contributed by atoms with Gasteiger partial charge in [0.2, 0.25) is 12.7 Å². The first kappa shape index (κ1) is 13.7. The largest absolute Gasteiger partial charge is 0.454 e. The molecule has 0 aromatic heterocycles. The molecule has 1 amide bonds. The summed E-state index contributed by atoms with van der Waals surface area (Å²) in [5.74, 6) is 1.48. The van der Waals surface area contributed by atoms with Gasteiger partial charge in [0.25, 0.3) is 0 Å². The second kappa shape index (κ2) is 5.93. The van der Waals surface area contributed by atoms with Crippen LogP contribution >= 0.6 is 0 Å². The van der Waals surface area contributed by atoms with Gasteiger partial charge in [0.1, 0.15) is 0 Å². The molecule has 0 saturated carbocycles. The zero-order valence-electron chi connectivity index (χ0n) is 11.3. The predicted molar refractivity (Wildman–Crippen MR) is 70.2 cm³/mol. The van der Waals surface area contributed by atoms with Crippen LogP contribution < -0.4 is 9.47 Å². The van der Waals surface area contributed by atoms with E-state index in [0.717, 1.165) is 23.5 Å². The van der Waals surface area contributed by atoms with Gasteiger partial charge in [-0.1, -0.05) is 6.07 Å². The van der Waals surface area contributed by atoms with Crippen LogP contribution in [0.15, 0.2) is 18.2 Å². The molecule has 1 atom stereocenters. The number of hydrogen-bond acceptors (Lipinski definition) is 4. The summed E-state index contributed by atoms with van der Waals surface area (Å²) in [4.78, 5) is 13.4. The molecule has 1 aliphatic heterocycles. The Morgan fingerprint density at radius 1 is 1.42 bits per heavy atom. The van der Waals surface area contributed by atoms with Crippen LogP contribution in [0.4, 0.5) is 0 Å². The molecule has 5 heteroatoms. The van der Waals surface area contributed by atoms with Crippen LogP contribution in [0.5, 0.6) is 11.5 Å². The minimum absolute atomic E-state index is 0.0456. The van der Waals surface area contributed by atoms with Crippen LogP contribution in [0, 0.1) is 0 Å². The summed E-state index contributed by atoms with van der Waals surface area (Å²) in [6.07, 6.45) is 0.909. The van der Waals surface area contributed by atoms with E-state index in [9.17, 15) is 4.79 Å². The number of fused-ring (bicyclic) bond motifs is 1. The average molecular weight is 265 g/mol. The minimum Gasteiger partial charge on any atom is -0.454 e. The molecule has 1 unspecified atom stereocenters. The van der Waals surface area contributed by atoms with E-state index in [1.807, 2.05) is 25.1 Å². The first-order chi connectivity index (χ1) is 9.11.